The number of esters is 2. The SMILES string of the molecule is CCCCCOC(=O)c1cc(OC)c(C)c2c1Oc1c(C=O)c(OCCCCC)cc(C)c1C(=O)O2. The summed E-state index contributed by atoms with van der Waals surface area (Å²) in [4.78, 5) is 38.5. The highest BCUT2D eigenvalue weighted by molar-refractivity contribution is 6.03. The molecule has 2 aromatic carbocycles. The third-order valence-corrected chi connectivity index (χ3v) is 6.06. The Morgan fingerprint density at radius 2 is 1.61 bits per heavy atom. The van der Waals surface area contributed by atoms with Gasteiger partial charge in [-0.25, -0.2) is 9.59 Å². The molecule has 8 nitrogen and oxygen atoms in total. The molecule has 0 saturated heterocycles. The van der Waals surface area contributed by atoms with Gasteiger partial charge in [0, 0.05) is 5.56 Å². The molecular formula is C28H34O8. The topological polar surface area (TPSA) is 97.4 Å². The van der Waals surface area contributed by atoms with Crippen LogP contribution in [0.25, 0.3) is 0 Å². The number of carbonyl (C=O) groups excluding carboxylic acids is 3. The molecule has 0 saturated carbocycles. The number of fused-ring (bicyclic) bond motifs is 2. The van der Waals surface area contributed by atoms with E-state index in [4.69, 9.17) is 23.7 Å². The summed E-state index contributed by atoms with van der Waals surface area (Å²) in [6.07, 6.45) is 6.05. The summed E-state index contributed by atoms with van der Waals surface area (Å²) in [5, 5.41) is 0. The molecule has 0 atom stereocenters. The van der Waals surface area contributed by atoms with Crippen molar-refractivity contribution < 1.29 is 38.1 Å². The van der Waals surface area contributed by atoms with Crippen molar-refractivity contribution >= 4 is 18.2 Å². The Morgan fingerprint density at radius 3 is 2.25 bits per heavy atom. The number of rotatable bonds is 12. The second kappa shape index (κ2) is 12.4. The molecule has 0 N–H and O–H groups in total. The average molecular weight is 499 g/mol. The molecule has 0 amide bonds. The van der Waals surface area contributed by atoms with Crippen LogP contribution < -0.4 is 18.9 Å². The maximum absolute atomic E-state index is 13.2. The van der Waals surface area contributed by atoms with Crippen molar-refractivity contribution in [3.05, 3.63) is 39.9 Å². The van der Waals surface area contributed by atoms with Gasteiger partial charge in [0.1, 0.15) is 22.6 Å². The first-order valence-corrected chi connectivity index (χ1v) is 12.4. The van der Waals surface area contributed by atoms with Crippen molar-refractivity contribution in [2.75, 3.05) is 20.3 Å². The maximum atomic E-state index is 13.2. The van der Waals surface area contributed by atoms with Crippen molar-refractivity contribution in [1.29, 1.82) is 0 Å². The van der Waals surface area contributed by atoms with Crippen molar-refractivity contribution in [3.8, 4) is 28.7 Å². The molecule has 0 fully saturated rings. The van der Waals surface area contributed by atoms with Gasteiger partial charge >= 0.3 is 11.9 Å². The van der Waals surface area contributed by atoms with Gasteiger partial charge in [-0.05, 0) is 44.4 Å². The predicted molar refractivity (Wildman–Crippen MR) is 134 cm³/mol. The fourth-order valence-electron chi connectivity index (χ4n) is 4.03. The van der Waals surface area contributed by atoms with Crippen LogP contribution in [0.15, 0.2) is 12.1 Å². The van der Waals surface area contributed by atoms with E-state index < -0.39 is 11.9 Å². The maximum Gasteiger partial charge on any atom is 0.347 e. The minimum absolute atomic E-state index is 0.00785. The third kappa shape index (κ3) is 5.64. The summed E-state index contributed by atoms with van der Waals surface area (Å²) < 4.78 is 28.7. The lowest BCUT2D eigenvalue weighted by molar-refractivity contribution is 0.0493. The number of methoxy groups -OCH3 is 1. The first-order valence-electron chi connectivity index (χ1n) is 12.4. The molecule has 1 heterocycles. The summed E-state index contributed by atoms with van der Waals surface area (Å²) in [5.41, 5.74) is 1.19. The number of hydrogen-bond acceptors (Lipinski definition) is 8. The van der Waals surface area contributed by atoms with Crippen LogP contribution >= 0.6 is 0 Å². The molecule has 0 unspecified atom stereocenters. The van der Waals surface area contributed by atoms with Crippen molar-refractivity contribution in [2.24, 2.45) is 0 Å². The summed E-state index contributed by atoms with van der Waals surface area (Å²) in [6.45, 7) is 8.20. The van der Waals surface area contributed by atoms with Crippen LogP contribution in [0.4, 0.5) is 0 Å². The molecule has 1 aliphatic rings. The molecule has 0 spiro atoms. The second-order valence-electron chi connectivity index (χ2n) is 8.73. The van der Waals surface area contributed by atoms with E-state index in [9.17, 15) is 14.4 Å². The zero-order valence-electron chi connectivity index (χ0n) is 21.7. The second-order valence-corrected chi connectivity index (χ2v) is 8.73. The Bertz CT molecular complexity index is 1140. The zero-order chi connectivity index (χ0) is 26.2. The Morgan fingerprint density at radius 1 is 0.917 bits per heavy atom. The van der Waals surface area contributed by atoms with Crippen molar-refractivity contribution in [1.82, 2.24) is 0 Å². The molecule has 0 aromatic heterocycles. The largest absolute Gasteiger partial charge is 0.496 e. The van der Waals surface area contributed by atoms with Crippen LogP contribution in [0, 0.1) is 13.8 Å². The first-order chi connectivity index (χ1) is 17.4. The van der Waals surface area contributed by atoms with Gasteiger partial charge < -0.3 is 23.7 Å². The van der Waals surface area contributed by atoms with Crippen LogP contribution in [-0.4, -0.2) is 38.5 Å². The minimum atomic E-state index is -0.708. The molecular weight excluding hydrogens is 464 g/mol. The van der Waals surface area contributed by atoms with E-state index in [1.807, 2.05) is 0 Å². The monoisotopic (exact) mass is 498 g/mol. The number of unbranched alkanes of at least 4 members (excludes halogenated alkanes) is 4. The molecule has 1 aliphatic heterocycles. The Kier molecular flexibility index (Phi) is 9.33. The first kappa shape index (κ1) is 27.0. The van der Waals surface area contributed by atoms with Crippen LogP contribution in [0.5, 0.6) is 28.7 Å². The number of benzene rings is 2. The van der Waals surface area contributed by atoms with Gasteiger partial charge in [-0.3, -0.25) is 4.79 Å². The van der Waals surface area contributed by atoms with E-state index in [0.717, 1.165) is 38.5 Å². The van der Waals surface area contributed by atoms with Gasteiger partial charge in [-0.15, -0.1) is 0 Å². The fourth-order valence-corrected chi connectivity index (χ4v) is 4.03. The predicted octanol–water partition coefficient (Wildman–Crippen LogP) is 6.37. The lowest BCUT2D eigenvalue weighted by Gasteiger charge is -2.18. The minimum Gasteiger partial charge on any atom is -0.496 e. The summed E-state index contributed by atoms with van der Waals surface area (Å²) in [6, 6.07) is 3.12. The quantitative estimate of drug-likeness (QED) is 0.144. The van der Waals surface area contributed by atoms with Crippen LogP contribution in [-0.2, 0) is 4.74 Å². The summed E-state index contributed by atoms with van der Waals surface area (Å²) in [7, 11) is 1.45. The van der Waals surface area contributed by atoms with Gasteiger partial charge in [0.15, 0.2) is 23.5 Å². The highest BCUT2D eigenvalue weighted by atomic mass is 16.6. The highest BCUT2D eigenvalue weighted by Crippen LogP contribution is 2.48. The summed E-state index contributed by atoms with van der Waals surface area (Å²) >= 11 is 0. The smallest absolute Gasteiger partial charge is 0.347 e. The number of hydrogen-bond donors (Lipinski definition) is 0. The molecule has 0 bridgehead atoms. The molecule has 0 radical (unpaired) electrons. The Labute approximate surface area is 211 Å². The number of carbonyl (C=O) groups is 3. The van der Waals surface area contributed by atoms with Crippen LogP contribution in [0.1, 0.15) is 94.6 Å². The van der Waals surface area contributed by atoms with Crippen molar-refractivity contribution in [2.45, 2.75) is 66.2 Å². The van der Waals surface area contributed by atoms with E-state index in [-0.39, 0.29) is 40.5 Å². The standard InChI is InChI=1S/C28H34O8/c1-6-8-10-12-33-22-14-17(3)23-25(20(22)16-29)35-26-19(27(30)34-13-11-9-7-2)15-21(32-5)18(4)24(26)36-28(23)31/h14-16H,6-13H2,1-5H3. The van der Waals surface area contributed by atoms with E-state index in [0.29, 0.717) is 35.5 Å². The molecule has 194 valence electrons. The fraction of sp³-hybridized carbons (Fsp3) is 0.464. The third-order valence-electron chi connectivity index (χ3n) is 6.06. The van der Waals surface area contributed by atoms with Gasteiger partial charge in [-0.2, -0.15) is 0 Å². The lowest BCUT2D eigenvalue weighted by atomic mass is 10.0. The average Bonchev–Trinajstić information content (AvgIpc) is 3.02. The zero-order valence-corrected chi connectivity index (χ0v) is 21.7. The van der Waals surface area contributed by atoms with Crippen molar-refractivity contribution in [3.63, 3.8) is 0 Å². The molecule has 36 heavy (non-hydrogen) atoms. The highest BCUT2D eigenvalue weighted by Gasteiger charge is 2.34. The number of aryl methyl sites for hydroxylation is 1. The van der Waals surface area contributed by atoms with Gasteiger partial charge in [0.05, 0.1) is 25.9 Å². The molecule has 0 aliphatic carbocycles. The number of ether oxygens (including phenoxy) is 5. The molecule has 8 heteroatoms. The lowest BCUT2D eigenvalue weighted by Crippen LogP contribution is -2.12. The normalized spacial score (nSPS) is 12.0. The van der Waals surface area contributed by atoms with E-state index in [1.54, 1.807) is 19.9 Å². The van der Waals surface area contributed by atoms with E-state index in [2.05, 4.69) is 13.8 Å². The Balaban J connectivity index is 2.12. The van der Waals surface area contributed by atoms with E-state index in [1.165, 1.54) is 13.2 Å². The van der Waals surface area contributed by atoms with Gasteiger partial charge in [-0.1, -0.05) is 39.5 Å². The van der Waals surface area contributed by atoms with Gasteiger partial charge in [0.25, 0.3) is 0 Å². The summed E-state index contributed by atoms with van der Waals surface area (Å²) in [5.74, 6) is -0.684. The number of aldehydes is 1. The van der Waals surface area contributed by atoms with Crippen LogP contribution in [0.2, 0.25) is 0 Å². The molecule has 3 rings (SSSR count). The van der Waals surface area contributed by atoms with Crippen LogP contribution in [0.3, 0.4) is 0 Å². The Hall–Kier alpha value is -3.55. The van der Waals surface area contributed by atoms with E-state index >= 15 is 0 Å². The molecule has 2 aromatic rings. The van der Waals surface area contributed by atoms with Gasteiger partial charge in [0.2, 0.25) is 0 Å².